The molecule has 0 aromatic rings. The normalized spacial score (nSPS) is 7.54. The molecule has 3 heteroatoms. The molecule has 0 heterocycles. The Hall–Kier alpha value is -1.45. The van der Waals surface area contributed by atoms with Gasteiger partial charge >= 0.3 is 5.97 Å². The van der Waals surface area contributed by atoms with Gasteiger partial charge in [0.1, 0.15) is 6.61 Å². The van der Waals surface area contributed by atoms with E-state index >= 15 is 0 Å². The van der Waals surface area contributed by atoms with Crippen molar-refractivity contribution in [1.29, 1.82) is 0 Å². The van der Waals surface area contributed by atoms with Crippen LogP contribution in [0.25, 0.3) is 0 Å². The van der Waals surface area contributed by atoms with E-state index in [0.717, 1.165) is 0 Å². The first-order chi connectivity index (χ1) is 6.31. The molecule has 0 amide bonds. The van der Waals surface area contributed by atoms with Crippen molar-refractivity contribution in [2.75, 3.05) is 13.7 Å². The van der Waals surface area contributed by atoms with Crippen LogP contribution in [0.1, 0.15) is 19.3 Å². The lowest BCUT2D eigenvalue weighted by Gasteiger charge is -1.91. The number of carbonyl (C=O) groups excluding carboxylic acids is 1. The summed E-state index contributed by atoms with van der Waals surface area (Å²) in [5, 5.41) is 8.29. The molecule has 0 aromatic heterocycles. The average molecular weight is 180 g/mol. The fourth-order valence-corrected chi connectivity index (χ4v) is 0.580. The lowest BCUT2D eigenvalue weighted by Crippen LogP contribution is -1.98. The summed E-state index contributed by atoms with van der Waals surface area (Å²) in [5.41, 5.74) is 0. The lowest BCUT2D eigenvalue weighted by molar-refractivity contribution is -0.140. The monoisotopic (exact) mass is 180 g/mol. The third kappa shape index (κ3) is 8.46. The summed E-state index contributed by atoms with van der Waals surface area (Å²) in [5.74, 6) is 10.4. The van der Waals surface area contributed by atoms with Crippen LogP contribution in [-0.2, 0) is 9.53 Å². The van der Waals surface area contributed by atoms with E-state index in [9.17, 15) is 4.79 Å². The number of aliphatic hydroxyl groups is 1. The third-order valence-electron chi connectivity index (χ3n) is 1.19. The van der Waals surface area contributed by atoms with E-state index in [-0.39, 0.29) is 12.6 Å². The molecule has 70 valence electrons. The molecular weight excluding hydrogens is 168 g/mol. The first-order valence-corrected chi connectivity index (χ1v) is 3.90. The van der Waals surface area contributed by atoms with Crippen LogP contribution in [0.15, 0.2) is 0 Å². The quantitative estimate of drug-likeness (QED) is 0.492. The minimum Gasteiger partial charge on any atom is -0.469 e. The minimum absolute atomic E-state index is 0.135. The van der Waals surface area contributed by atoms with Gasteiger partial charge < -0.3 is 9.84 Å². The number of carbonyl (C=O) groups is 1. The number of ether oxygens (including phenoxy) is 1. The molecule has 0 aliphatic rings. The molecule has 0 saturated heterocycles. The van der Waals surface area contributed by atoms with Crippen LogP contribution in [0.2, 0.25) is 0 Å². The van der Waals surface area contributed by atoms with Crippen molar-refractivity contribution in [3.8, 4) is 23.7 Å². The molecular formula is C10H12O3. The summed E-state index contributed by atoms with van der Waals surface area (Å²) in [4.78, 5) is 10.6. The van der Waals surface area contributed by atoms with E-state index < -0.39 is 0 Å². The summed E-state index contributed by atoms with van der Waals surface area (Å²) in [7, 11) is 1.35. The molecule has 0 aliphatic carbocycles. The fraction of sp³-hybridized carbons (Fsp3) is 0.500. The smallest absolute Gasteiger partial charge is 0.306 e. The van der Waals surface area contributed by atoms with Crippen LogP contribution in [0.5, 0.6) is 0 Å². The maximum absolute atomic E-state index is 10.6. The Bertz CT molecular complexity index is 259. The van der Waals surface area contributed by atoms with Crippen LogP contribution in [0, 0.1) is 23.7 Å². The summed E-state index contributed by atoms with van der Waals surface area (Å²) in [6.45, 7) is -0.135. The van der Waals surface area contributed by atoms with Gasteiger partial charge in [0.05, 0.1) is 20.0 Å². The summed E-state index contributed by atoms with van der Waals surface area (Å²) < 4.78 is 4.43. The van der Waals surface area contributed by atoms with Crippen LogP contribution in [0.4, 0.5) is 0 Å². The van der Waals surface area contributed by atoms with E-state index in [1.54, 1.807) is 0 Å². The summed E-state index contributed by atoms with van der Waals surface area (Å²) >= 11 is 0. The van der Waals surface area contributed by atoms with Crippen molar-refractivity contribution in [3.63, 3.8) is 0 Å². The standard InChI is InChI=1S/C10H12O3/c1-13-10(12)8-6-4-2-3-5-7-9-11/h11H,3,6,8-9H2,1H3. The van der Waals surface area contributed by atoms with Gasteiger partial charge in [-0.2, -0.15) is 0 Å². The zero-order valence-corrected chi connectivity index (χ0v) is 7.59. The van der Waals surface area contributed by atoms with E-state index in [2.05, 4.69) is 28.4 Å². The van der Waals surface area contributed by atoms with Gasteiger partial charge in [-0.25, -0.2) is 0 Å². The largest absolute Gasteiger partial charge is 0.469 e. The molecule has 0 fully saturated rings. The predicted octanol–water partition coefficient (Wildman–Crippen LogP) is 0.329. The van der Waals surface area contributed by atoms with Gasteiger partial charge in [-0.15, -0.1) is 5.92 Å². The van der Waals surface area contributed by atoms with Crippen LogP contribution >= 0.6 is 0 Å². The molecule has 0 aliphatic heterocycles. The number of hydrogen-bond acceptors (Lipinski definition) is 3. The molecule has 0 spiro atoms. The maximum atomic E-state index is 10.6. The van der Waals surface area contributed by atoms with E-state index in [4.69, 9.17) is 5.11 Å². The predicted molar refractivity (Wildman–Crippen MR) is 48.5 cm³/mol. The summed E-state index contributed by atoms with van der Waals surface area (Å²) in [6, 6.07) is 0. The number of hydrogen-bond donors (Lipinski definition) is 1. The third-order valence-corrected chi connectivity index (χ3v) is 1.19. The molecule has 0 bridgehead atoms. The van der Waals surface area contributed by atoms with Gasteiger partial charge in [-0.1, -0.05) is 17.8 Å². The molecule has 3 nitrogen and oxygen atoms in total. The molecule has 0 radical (unpaired) electrons. The molecule has 0 saturated carbocycles. The molecule has 0 rings (SSSR count). The van der Waals surface area contributed by atoms with Gasteiger partial charge in [0.15, 0.2) is 0 Å². The Morgan fingerprint density at radius 1 is 1.31 bits per heavy atom. The minimum atomic E-state index is -0.254. The first kappa shape index (κ1) is 11.6. The Morgan fingerprint density at radius 3 is 2.62 bits per heavy atom. The molecule has 0 unspecified atom stereocenters. The Morgan fingerprint density at radius 2 is 2.00 bits per heavy atom. The van der Waals surface area contributed by atoms with Crippen LogP contribution in [0.3, 0.4) is 0 Å². The van der Waals surface area contributed by atoms with Gasteiger partial charge in [0, 0.05) is 6.42 Å². The van der Waals surface area contributed by atoms with Crippen molar-refractivity contribution >= 4 is 5.97 Å². The molecule has 0 aromatic carbocycles. The van der Waals surface area contributed by atoms with Crippen molar-refractivity contribution in [2.24, 2.45) is 0 Å². The second-order valence-electron chi connectivity index (χ2n) is 2.12. The number of rotatable bonds is 2. The highest BCUT2D eigenvalue weighted by Gasteiger charge is 1.94. The summed E-state index contributed by atoms with van der Waals surface area (Å²) in [6.07, 6.45) is 1.24. The Balaban J connectivity index is 3.46. The SMILES string of the molecule is COC(=O)CCC#CCC#CCO. The Labute approximate surface area is 78.1 Å². The number of aliphatic hydroxyl groups excluding tert-OH is 1. The highest BCUT2D eigenvalue weighted by atomic mass is 16.5. The Kier molecular flexibility index (Phi) is 7.68. The zero-order valence-electron chi connectivity index (χ0n) is 7.59. The van der Waals surface area contributed by atoms with Crippen molar-refractivity contribution in [3.05, 3.63) is 0 Å². The van der Waals surface area contributed by atoms with Crippen molar-refractivity contribution in [1.82, 2.24) is 0 Å². The molecule has 13 heavy (non-hydrogen) atoms. The maximum Gasteiger partial charge on any atom is 0.306 e. The number of methoxy groups -OCH3 is 1. The topological polar surface area (TPSA) is 46.5 Å². The zero-order chi connectivity index (χ0) is 9.94. The average Bonchev–Trinajstić information content (AvgIpc) is 2.16. The second kappa shape index (κ2) is 8.64. The van der Waals surface area contributed by atoms with E-state index in [1.807, 2.05) is 0 Å². The second-order valence-corrected chi connectivity index (χ2v) is 2.12. The fourth-order valence-electron chi connectivity index (χ4n) is 0.580. The van der Waals surface area contributed by atoms with Gasteiger partial charge in [-0.3, -0.25) is 4.79 Å². The van der Waals surface area contributed by atoms with Crippen molar-refractivity contribution < 1.29 is 14.6 Å². The van der Waals surface area contributed by atoms with Gasteiger partial charge in [-0.05, 0) is 0 Å². The van der Waals surface area contributed by atoms with Crippen molar-refractivity contribution in [2.45, 2.75) is 19.3 Å². The molecule has 0 atom stereocenters. The highest BCUT2D eigenvalue weighted by molar-refractivity contribution is 5.69. The molecule has 1 N–H and O–H groups in total. The van der Waals surface area contributed by atoms with E-state index in [1.165, 1.54) is 7.11 Å². The van der Waals surface area contributed by atoms with Gasteiger partial charge in [0.2, 0.25) is 0 Å². The number of esters is 1. The highest BCUT2D eigenvalue weighted by Crippen LogP contribution is 1.88. The lowest BCUT2D eigenvalue weighted by atomic mass is 10.3. The van der Waals surface area contributed by atoms with E-state index in [0.29, 0.717) is 19.3 Å². The first-order valence-electron chi connectivity index (χ1n) is 3.90. The van der Waals surface area contributed by atoms with Gasteiger partial charge in [0.25, 0.3) is 0 Å². The van der Waals surface area contributed by atoms with Crippen LogP contribution < -0.4 is 0 Å². The van der Waals surface area contributed by atoms with Crippen LogP contribution in [-0.4, -0.2) is 24.8 Å².